The lowest BCUT2D eigenvalue weighted by Crippen LogP contribution is -2.42. The summed E-state index contributed by atoms with van der Waals surface area (Å²) in [7, 11) is 0. The second-order valence-electron chi connectivity index (χ2n) is 7.67. The molecular formula is C20H25N3O5. The van der Waals surface area contributed by atoms with E-state index in [-0.39, 0.29) is 6.04 Å². The van der Waals surface area contributed by atoms with Crippen LogP contribution < -0.4 is 10.6 Å². The molecule has 0 bridgehead atoms. The van der Waals surface area contributed by atoms with Crippen molar-refractivity contribution >= 4 is 23.8 Å². The summed E-state index contributed by atoms with van der Waals surface area (Å²) in [4.78, 5) is 49.7. The van der Waals surface area contributed by atoms with E-state index in [4.69, 9.17) is 4.74 Å². The third-order valence-corrected chi connectivity index (χ3v) is 5.27. The Bertz CT molecular complexity index is 803. The third-order valence-electron chi connectivity index (χ3n) is 5.27. The predicted molar refractivity (Wildman–Crippen MR) is 100 cm³/mol. The minimum Gasteiger partial charge on any atom is -0.454 e. The van der Waals surface area contributed by atoms with E-state index < -0.39 is 42.5 Å². The van der Waals surface area contributed by atoms with Gasteiger partial charge in [0.25, 0.3) is 11.8 Å². The SMILES string of the molecule is Cc1ccc([C@]2(C)NC(=O)N(CC(=O)OCC(=O)N[C@H](C)C3CC3)C2=O)cc1. The van der Waals surface area contributed by atoms with E-state index in [1.165, 1.54) is 0 Å². The molecule has 8 heteroatoms. The first-order valence-electron chi connectivity index (χ1n) is 9.37. The molecule has 2 N–H and O–H groups in total. The molecule has 2 aliphatic rings. The molecule has 2 fully saturated rings. The lowest BCUT2D eigenvalue weighted by Gasteiger charge is -2.22. The summed E-state index contributed by atoms with van der Waals surface area (Å²) in [5, 5.41) is 5.40. The van der Waals surface area contributed by atoms with E-state index in [1.807, 2.05) is 26.0 Å². The second-order valence-corrected chi connectivity index (χ2v) is 7.67. The maximum absolute atomic E-state index is 12.8. The minimum absolute atomic E-state index is 0.0485. The van der Waals surface area contributed by atoms with Gasteiger partial charge in [0.1, 0.15) is 12.1 Å². The van der Waals surface area contributed by atoms with E-state index in [2.05, 4.69) is 10.6 Å². The van der Waals surface area contributed by atoms with Crippen molar-refractivity contribution < 1.29 is 23.9 Å². The Morgan fingerprint density at radius 3 is 2.54 bits per heavy atom. The van der Waals surface area contributed by atoms with Crippen molar-refractivity contribution in [3.8, 4) is 0 Å². The van der Waals surface area contributed by atoms with Gasteiger partial charge in [-0.2, -0.15) is 0 Å². The molecule has 8 nitrogen and oxygen atoms in total. The molecule has 0 unspecified atom stereocenters. The number of hydrogen-bond donors (Lipinski definition) is 2. The number of rotatable bonds is 7. The number of imide groups is 1. The Morgan fingerprint density at radius 2 is 1.93 bits per heavy atom. The molecule has 2 atom stereocenters. The lowest BCUT2D eigenvalue weighted by atomic mass is 9.91. The first-order chi connectivity index (χ1) is 13.2. The standard InChI is InChI=1S/C20H25N3O5/c1-12-4-8-15(9-5-12)20(3)18(26)23(19(27)22-20)10-17(25)28-11-16(24)21-13(2)14-6-7-14/h4-5,8-9,13-14H,6-7,10-11H2,1-3H3,(H,21,24)(H,22,27)/t13-,20+/m1/s1. The maximum Gasteiger partial charge on any atom is 0.326 e. The second kappa shape index (κ2) is 7.61. The van der Waals surface area contributed by atoms with Crippen LogP contribution in [-0.2, 0) is 24.7 Å². The molecule has 1 aromatic carbocycles. The van der Waals surface area contributed by atoms with Gasteiger partial charge >= 0.3 is 12.0 Å². The largest absolute Gasteiger partial charge is 0.454 e. The summed E-state index contributed by atoms with van der Waals surface area (Å²) < 4.78 is 4.93. The van der Waals surface area contributed by atoms with Gasteiger partial charge in [-0.25, -0.2) is 4.79 Å². The molecule has 0 radical (unpaired) electrons. The van der Waals surface area contributed by atoms with Gasteiger partial charge in [0, 0.05) is 6.04 Å². The summed E-state index contributed by atoms with van der Waals surface area (Å²) in [6, 6.07) is 6.60. The van der Waals surface area contributed by atoms with Crippen LogP contribution in [0.5, 0.6) is 0 Å². The molecule has 150 valence electrons. The number of urea groups is 1. The van der Waals surface area contributed by atoms with Crippen LogP contribution in [0.3, 0.4) is 0 Å². The first-order valence-corrected chi connectivity index (χ1v) is 9.37. The lowest BCUT2D eigenvalue weighted by molar-refractivity contribution is -0.151. The van der Waals surface area contributed by atoms with Gasteiger partial charge in [-0.15, -0.1) is 0 Å². The van der Waals surface area contributed by atoms with Crippen LogP contribution in [-0.4, -0.2) is 47.9 Å². The van der Waals surface area contributed by atoms with Gasteiger partial charge < -0.3 is 15.4 Å². The number of esters is 1. The molecule has 1 saturated carbocycles. The van der Waals surface area contributed by atoms with E-state index in [0.29, 0.717) is 11.5 Å². The van der Waals surface area contributed by atoms with Gasteiger partial charge in [0.15, 0.2) is 6.61 Å². The van der Waals surface area contributed by atoms with Crippen molar-refractivity contribution in [2.45, 2.75) is 45.2 Å². The van der Waals surface area contributed by atoms with E-state index in [9.17, 15) is 19.2 Å². The van der Waals surface area contributed by atoms with Gasteiger partial charge in [0.2, 0.25) is 0 Å². The van der Waals surface area contributed by atoms with E-state index in [1.54, 1.807) is 19.1 Å². The van der Waals surface area contributed by atoms with Crippen LogP contribution in [0.2, 0.25) is 0 Å². The number of carbonyl (C=O) groups is 4. The normalized spacial score (nSPS) is 22.6. The fraction of sp³-hybridized carbons (Fsp3) is 0.500. The molecule has 1 heterocycles. The summed E-state index contributed by atoms with van der Waals surface area (Å²) >= 11 is 0. The maximum atomic E-state index is 12.8. The van der Waals surface area contributed by atoms with Crippen LogP contribution in [0.4, 0.5) is 4.79 Å². The Kier molecular flexibility index (Phi) is 5.40. The highest BCUT2D eigenvalue weighted by atomic mass is 16.5. The number of nitrogens with one attached hydrogen (secondary N) is 2. The van der Waals surface area contributed by atoms with Crippen molar-refractivity contribution in [1.29, 1.82) is 0 Å². The number of benzene rings is 1. The molecular weight excluding hydrogens is 362 g/mol. The number of nitrogens with zero attached hydrogens (tertiary/aromatic N) is 1. The topological polar surface area (TPSA) is 105 Å². The molecule has 0 aromatic heterocycles. The molecule has 1 aromatic rings. The van der Waals surface area contributed by atoms with Crippen LogP contribution in [0.1, 0.15) is 37.8 Å². The molecule has 1 saturated heterocycles. The van der Waals surface area contributed by atoms with Crippen molar-refractivity contribution in [2.75, 3.05) is 13.2 Å². The fourth-order valence-electron chi connectivity index (χ4n) is 3.25. The van der Waals surface area contributed by atoms with Crippen LogP contribution in [0, 0.1) is 12.8 Å². The Hall–Kier alpha value is -2.90. The predicted octanol–water partition coefficient (Wildman–Crippen LogP) is 1.22. The van der Waals surface area contributed by atoms with E-state index in [0.717, 1.165) is 23.3 Å². The number of amides is 4. The van der Waals surface area contributed by atoms with Crippen molar-refractivity contribution in [3.05, 3.63) is 35.4 Å². The highest BCUT2D eigenvalue weighted by Crippen LogP contribution is 2.32. The summed E-state index contributed by atoms with van der Waals surface area (Å²) in [6.45, 7) is 4.45. The summed E-state index contributed by atoms with van der Waals surface area (Å²) in [6.07, 6.45) is 2.18. The Morgan fingerprint density at radius 1 is 1.29 bits per heavy atom. The number of aryl methyl sites for hydroxylation is 1. The smallest absolute Gasteiger partial charge is 0.326 e. The van der Waals surface area contributed by atoms with Gasteiger partial charge in [-0.05, 0) is 45.1 Å². The van der Waals surface area contributed by atoms with E-state index >= 15 is 0 Å². The van der Waals surface area contributed by atoms with Crippen LogP contribution >= 0.6 is 0 Å². The molecule has 1 aliphatic carbocycles. The zero-order chi connectivity index (χ0) is 20.5. The molecule has 0 spiro atoms. The van der Waals surface area contributed by atoms with Gasteiger partial charge in [-0.1, -0.05) is 29.8 Å². The van der Waals surface area contributed by atoms with Gasteiger partial charge in [0.05, 0.1) is 0 Å². The molecule has 4 amide bonds. The fourth-order valence-corrected chi connectivity index (χ4v) is 3.25. The van der Waals surface area contributed by atoms with Gasteiger partial charge in [-0.3, -0.25) is 19.3 Å². The van der Waals surface area contributed by atoms with Crippen molar-refractivity contribution in [2.24, 2.45) is 5.92 Å². The minimum atomic E-state index is -1.25. The van der Waals surface area contributed by atoms with Crippen LogP contribution in [0.25, 0.3) is 0 Å². The number of carbonyl (C=O) groups excluding carboxylic acids is 4. The molecule has 3 rings (SSSR count). The summed E-state index contributed by atoms with van der Waals surface area (Å²) in [5.74, 6) is -1.25. The monoisotopic (exact) mass is 387 g/mol. The highest BCUT2D eigenvalue weighted by Gasteiger charge is 2.49. The highest BCUT2D eigenvalue weighted by molar-refractivity contribution is 6.08. The number of ether oxygens (including phenoxy) is 1. The summed E-state index contributed by atoms with van der Waals surface area (Å²) in [5.41, 5.74) is 0.405. The Balaban J connectivity index is 1.55. The zero-order valence-electron chi connectivity index (χ0n) is 16.3. The first kappa shape index (κ1) is 19.9. The Labute approximate surface area is 163 Å². The number of hydrogen-bond acceptors (Lipinski definition) is 5. The zero-order valence-corrected chi connectivity index (χ0v) is 16.3. The quantitative estimate of drug-likeness (QED) is 0.541. The average molecular weight is 387 g/mol. The average Bonchev–Trinajstić information content (AvgIpc) is 3.46. The third kappa shape index (κ3) is 4.16. The van der Waals surface area contributed by atoms with Crippen molar-refractivity contribution in [3.63, 3.8) is 0 Å². The molecule has 28 heavy (non-hydrogen) atoms. The van der Waals surface area contributed by atoms with Crippen molar-refractivity contribution in [1.82, 2.24) is 15.5 Å². The van der Waals surface area contributed by atoms with Crippen LogP contribution in [0.15, 0.2) is 24.3 Å². The molecule has 1 aliphatic heterocycles.